The van der Waals surface area contributed by atoms with Gasteiger partial charge in [-0.2, -0.15) is 13.2 Å². The molecule has 0 unspecified atom stereocenters. The van der Waals surface area contributed by atoms with Gasteiger partial charge in [-0.05, 0) is 47.2 Å². The summed E-state index contributed by atoms with van der Waals surface area (Å²) in [5.74, 6) is -0.126. The smallest absolute Gasteiger partial charge is 0.348 e. The molecular weight excluding hydrogens is 409 g/mol. The molecule has 1 atom stereocenters. The van der Waals surface area contributed by atoms with Crippen LogP contribution < -0.4 is 5.32 Å². The van der Waals surface area contributed by atoms with Crippen molar-refractivity contribution in [3.63, 3.8) is 0 Å². The van der Waals surface area contributed by atoms with Crippen molar-refractivity contribution in [2.45, 2.75) is 25.2 Å². The fourth-order valence-electron chi connectivity index (χ4n) is 3.70. The van der Waals surface area contributed by atoms with Gasteiger partial charge in [-0.1, -0.05) is 36.4 Å². The molecule has 3 aromatic rings. The molecule has 0 saturated carbocycles. The number of rotatable bonds is 5. The van der Waals surface area contributed by atoms with Crippen LogP contribution in [0.5, 0.6) is 0 Å². The molecule has 2 heterocycles. The Bertz CT molecular complexity index is 1000. The minimum absolute atomic E-state index is 0.0136. The number of hydrogen-bond donors (Lipinski definition) is 1. The molecule has 1 aromatic heterocycles. The summed E-state index contributed by atoms with van der Waals surface area (Å²) in [6, 6.07) is 17.0. The van der Waals surface area contributed by atoms with E-state index in [-0.39, 0.29) is 11.9 Å². The maximum Gasteiger partial charge on any atom is 0.416 e. The molecule has 1 aliphatic heterocycles. The maximum atomic E-state index is 12.9. The van der Waals surface area contributed by atoms with Crippen LogP contribution >= 0.6 is 11.3 Å². The third-order valence-electron chi connectivity index (χ3n) is 5.22. The average Bonchev–Trinajstić information content (AvgIpc) is 3.40. The number of benzene rings is 2. The number of nitrogens with zero attached hydrogens (tertiary/aromatic N) is 1. The van der Waals surface area contributed by atoms with Crippen molar-refractivity contribution in [1.29, 1.82) is 0 Å². The normalized spacial score (nSPS) is 17.2. The summed E-state index contributed by atoms with van der Waals surface area (Å²) in [6.45, 7) is 1.79. The topological polar surface area (TPSA) is 32.3 Å². The Balaban J connectivity index is 1.32. The van der Waals surface area contributed by atoms with E-state index in [0.717, 1.165) is 29.5 Å². The van der Waals surface area contributed by atoms with E-state index in [9.17, 15) is 18.0 Å². The second-order valence-corrected chi connectivity index (χ2v) is 8.39. The van der Waals surface area contributed by atoms with Crippen LogP contribution in [0.2, 0.25) is 0 Å². The number of hydrogen-bond acceptors (Lipinski definition) is 3. The molecule has 0 spiro atoms. The van der Waals surface area contributed by atoms with Gasteiger partial charge in [0.25, 0.3) is 5.91 Å². The summed E-state index contributed by atoms with van der Waals surface area (Å²) >= 11 is 1.65. The lowest BCUT2D eigenvalue weighted by molar-refractivity contribution is -0.137. The number of amides is 1. The third kappa shape index (κ3) is 4.91. The molecule has 0 bridgehead atoms. The minimum Gasteiger partial charge on any atom is -0.348 e. The number of likely N-dealkylation sites (tertiary alicyclic amines) is 1. The Labute approximate surface area is 177 Å². The standard InChI is InChI=1S/C23H21F3N2OS/c24-23(25,26)19-4-1-3-16(13-19)14-28-11-10-20(15-28)27-22(29)18-8-6-17(7-9-18)21-5-2-12-30-21/h1-9,12-13,20H,10-11,14-15H2,(H,27,29)/t20-/m0/s1. The monoisotopic (exact) mass is 430 g/mol. The van der Waals surface area contributed by atoms with Crippen LogP contribution in [-0.4, -0.2) is 29.9 Å². The van der Waals surface area contributed by atoms with Crippen LogP contribution in [-0.2, 0) is 12.7 Å². The Morgan fingerprint density at radius 1 is 1.10 bits per heavy atom. The lowest BCUT2D eigenvalue weighted by Crippen LogP contribution is -2.37. The van der Waals surface area contributed by atoms with Crippen molar-refractivity contribution in [2.24, 2.45) is 0 Å². The number of thiophene rings is 1. The van der Waals surface area contributed by atoms with Crippen LogP contribution in [0, 0.1) is 0 Å². The molecule has 2 aromatic carbocycles. The van der Waals surface area contributed by atoms with Crippen LogP contribution in [0.1, 0.15) is 27.9 Å². The summed E-state index contributed by atoms with van der Waals surface area (Å²) in [6.07, 6.45) is -3.56. The zero-order valence-corrected chi connectivity index (χ0v) is 17.0. The van der Waals surface area contributed by atoms with E-state index in [4.69, 9.17) is 0 Å². The first-order chi connectivity index (χ1) is 14.4. The maximum absolute atomic E-state index is 12.9. The second-order valence-electron chi connectivity index (χ2n) is 7.45. The molecular formula is C23H21F3N2OS. The van der Waals surface area contributed by atoms with Gasteiger partial charge in [-0.3, -0.25) is 9.69 Å². The molecule has 0 radical (unpaired) electrons. The average molecular weight is 430 g/mol. The van der Waals surface area contributed by atoms with Gasteiger partial charge in [0.15, 0.2) is 0 Å². The Kier molecular flexibility index (Phi) is 5.92. The SMILES string of the molecule is O=C(N[C@H]1CCN(Cc2cccc(C(F)(F)F)c2)C1)c1ccc(-c2cccs2)cc1. The van der Waals surface area contributed by atoms with Gasteiger partial charge >= 0.3 is 6.18 Å². The highest BCUT2D eigenvalue weighted by atomic mass is 32.1. The van der Waals surface area contributed by atoms with Gasteiger partial charge in [0, 0.05) is 36.1 Å². The first-order valence-corrected chi connectivity index (χ1v) is 10.6. The largest absolute Gasteiger partial charge is 0.416 e. The lowest BCUT2D eigenvalue weighted by atomic mass is 10.1. The van der Waals surface area contributed by atoms with E-state index in [2.05, 4.69) is 10.2 Å². The van der Waals surface area contributed by atoms with E-state index in [1.165, 1.54) is 12.1 Å². The first kappa shape index (κ1) is 20.6. The fraction of sp³-hybridized carbons (Fsp3) is 0.261. The van der Waals surface area contributed by atoms with Crippen LogP contribution in [0.3, 0.4) is 0 Å². The third-order valence-corrected chi connectivity index (χ3v) is 6.14. The minimum atomic E-state index is -4.34. The first-order valence-electron chi connectivity index (χ1n) is 9.72. The van der Waals surface area contributed by atoms with Crippen LogP contribution in [0.25, 0.3) is 10.4 Å². The van der Waals surface area contributed by atoms with Crippen LogP contribution in [0.4, 0.5) is 13.2 Å². The number of carbonyl (C=O) groups is 1. The number of halogens is 3. The Hall–Kier alpha value is -2.64. The predicted octanol–water partition coefficient (Wildman–Crippen LogP) is 5.44. The van der Waals surface area contributed by atoms with Crippen LogP contribution in [0.15, 0.2) is 66.0 Å². The molecule has 4 rings (SSSR count). The van der Waals surface area contributed by atoms with E-state index >= 15 is 0 Å². The van der Waals surface area contributed by atoms with E-state index in [1.807, 2.05) is 41.8 Å². The van der Waals surface area contributed by atoms with Crippen molar-refractivity contribution in [3.05, 3.63) is 82.7 Å². The van der Waals surface area contributed by atoms with Crippen molar-refractivity contribution >= 4 is 17.2 Å². The number of carbonyl (C=O) groups excluding carboxylic acids is 1. The molecule has 1 amide bonds. The highest BCUT2D eigenvalue weighted by molar-refractivity contribution is 7.13. The summed E-state index contributed by atoms with van der Waals surface area (Å²) < 4.78 is 38.7. The molecule has 1 N–H and O–H groups in total. The summed E-state index contributed by atoms with van der Waals surface area (Å²) in [7, 11) is 0. The van der Waals surface area contributed by atoms with E-state index in [0.29, 0.717) is 24.2 Å². The van der Waals surface area contributed by atoms with Gasteiger partial charge in [0.1, 0.15) is 0 Å². The van der Waals surface area contributed by atoms with Gasteiger partial charge in [-0.25, -0.2) is 0 Å². The Morgan fingerprint density at radius 2 is 1.90 bits per heavy atom. The molecule has 156 valence electrons. The highest BCUT2D eigenvalue weighted by Crippen LogP contribution is 2.30. The highest BCUT2D eigenvalue weighted by Gasteiger charge is 2.31. The van der Waals surface area contributed by atoms with Crippen molar-refractivity contribution in [3.8, 4) is 10.4 Å². The van der Waals surface area contributed by atoms with E-state index < -0.39 is 11.7 Å². The number of nitrogens with one attached hydrogen (secondary N) is 1. The lowest BCUT2D eigenvalue weighted by Gasteiger charge is -2.18. The molecule has 1 saturated heterocycles. The quantitative estimate of drug-likeness (QED) is 0.585. The summed E-state index contributed by atoms with van der Waals surface area (Å²) in [5.41, 5.74) is 1.68. The molecule has 3 nitrogen and oxygen atoms in total. The van der Waals surface area contributed by atoms with Gasteiger partial charge < -0.3 is 5.32 Å². The van der Waals surface area contributed by atoms with Gasteiger partial charge in [0.05, 0.1) is 5.56 Å². The number of alkyl halides is 3. The van der Waals surface area contributed by atoms with Gasteiger partial charge in [-0.15, -0.1) is 11.3 Å². The molecule has 30 heavy (non-hydrogen) atoms. The molecule has 1 aliphatic rings. The van der Waals surface area contributed by atoms with Crippen molar-refractivity contribution in [1.82, 2.24) is 10.2 Å². The van der Waals surface area contributed by atoms with Crippen molar-refractivity contribution in [2.75, 3.05) is 13.1 Å². The van der Waals surface area contributed by atoms with Crippen molar-refractivity contribution < 1.29 is 18.0 Å². The molecule has 0 aliphatic carbocycles. The zero-order valence-electron chi connectivity index (χ0n) is 16.2. The second kappa shape index (κ2) is 8.62. The Morgan fingerprint density at radius 3 is 2.60 bits per heavy atom. The summed E-state index contributed by atoms with van der Waals surface area (Å²) in [4.78, 5) is 15.8. The summed E-state index contributed by atoms with van der Waals surface area (Å²) in [5, 5.41) is 5.06. The fourth-order valence-corrected chi connectivity index (χ4v) is 4.43. The van der Waals surface area contributed by atoms with Gasteiger partial charge in [0.2, 0.25) is 0 Å². The zero-order chi connectivity index (χ0) is 21.1. The molecule has 7 heteroatoms. The molecule has 1 fully saturated rings. The van der Waals surface area contributed by atoms with E-state index in [1.54, 1.807) is 17.4 Å². The predicted molar refractivity (Wildman–Crippen MR) is 112 cm³/mol.